The largest absolute Gasteiger partial charge is 0.497 e. The number of nitrogens with zero attached hydrogens (tertiary/aromatic N) is 2. The van der Waals surface area contributed by atoms with E-state index >= 15 is 0 Å². The van der Waals surface area contributed by atoms with Crippen molar-refractivity contribution in [3.63, 3.8) is 0 Å². The van der Waals surface area contributed by atoms with Crippen molar-refractivity contribution in [1.82, 2.24) is 10.7 Å². The van der Waals surface area contributed by atoms with Gasteiger partial charge < -0.3 is 14.8 Å². The van der Waals surface area contributed by atoms with Crippen LogP contribution in [0.15, 0.2) is 82.8 Å². The molecule has 1 saturated carbocycles. The molecule has 2 N–H and O–H groups in total. The number of ether oxygens (including phenoxy) is 2. The zero-order valence-corrected chi connectivity index (χ0v) is 24.7. The van der Waals surface area contributed by atoms with Gasteiger partial charge in [-0.15, -0.1) is 0 Å². The Bertz CT molecular complexity index is 1470. The number of carbonyl (C=O) groups is 2. The molecule has 0 radical (unpaired) electrons. The van der Waals surface area contributed by atoms with Crippen LogP contribution in [0.25, 0.3) is 0 Å². The van der Waals surface area contributed by atoms with Crippen molar-refractivity contribution in [3.05, 3.63) is 83.4 Å². The number of halogens is 1. The summed E-state index contributed by atoms with van der Waals surface area (Å²) in [6.45, 7) is -0.591. The average molecular weight is 613 g/mol. The average Bonchev–Trinajstić information content (AvgIpc) is 3.00. The normalized spacial score (nSPS) is 13.9. The Labute approximate surface area is 250 Å². The van der Waals surface area contributed by atoms with E-state index < -0.39 is 22.5 Å². The van der Waals surface area contributed by atoms with E-state index in [0.717, 1.165) is 30.0 Å². The van der Waals surface area contributed by atoms with Crippen molar-refractivity contribution < 1.29 is 27.5 Å². The molecule has 0 unspecified atom stereocenters. The Balaban J connectivity index is 1.34. The SMILES string of the molecule is COc1ccc(S(=O)(=O)N(CC(=O)N/N=C/c2ccc(OCC(=O)NC3CCCCC3)cc2)c2ccc(Cl)cc2)cc1. The first-order chi connectivity index (χ1) is 20.2. The fourth-order valence-electron chi connectivity index (χ4n) is 4.46. The van der Waals surface area contributed by atoms with E-state index in [-0.39, 0.29) is 29.1 Å². The van der Waals surface area contributed by atoms with E-state index in [2.05, 4.69) is 15.8 Å². The molecule has 0 heterocycles. The number of rotatable bonds is 12. The van der Waals surface area contributed by atoms with Crippen molar-refractivity contribution in [2.75, 3.05) is 24.6 Å². The van der Waals surface area contributed by atoms with Gasteiger partial charge in [0, 0.05) is 11.1 Å². The van der Waals surface area contributed by atoms with E-state index in [1.807, 2.05) is 0 Å². The van der Waals surface area contributed by atoms with Crippen molar-refractivity contribution in [2.24, 2.45) is 5.10 Å². The second-order valence-corrected chi connectivity index (χ2v) is 12.0. The molecule has 3 aromatic rings. The highest BCUT2D eigenvalue weighted by Gasteiger charge is 2.27. The third kappa shape index (κ3) is 8.70. The first-order valence-corrected chi connectivity index (χ1v) is 15.3. The monoisotopic (exact) mass is 612 g/mol. The second kappa shape index (κ2) is 14.7. The first kappa shape index (κ1) is 30.9. The number of amides is 2. The molecule has 0 aliphatic heterocycles. The van der Waals surface area contributed by atoms with Crippen LogP contribution < -0.4 is 24.5 Å². The molecular formula is C30H33ClN4O6S. The molecule has 1 aliphatic rings. The molecule has 42 heavy (non-hydrogen) atoms. The number of hydrazone groups is 1. The van der Waals surface area contributed by atoms with Gasteiger partial charge in [0.25, 0.3) is 21.8 Å². The number of methoxy groups -OCH3 is 1. The second-order valence-electron chi connectivity index (χ2n) is 9.72. The molecule has 0 saturated heterocycles. The van der Waals surface area contributed by atoms with Crippen LogP contribution in [-0.2, 0) is 19.6 Å². The molecule has 2 amide bonds. The first-order valence-electron chi connectivity index (χ1n) is 13.5. The maximum absolute atomic E-state index is 13.5. The van der Waals surface area contributed by atoms with E-state index in [4.69, 9.17) is 21.1 Å². The minimum Gasteiger partial charge on any atom is -0.497 e. The van der Waals surface area contributed by atoms with Gasteiger partial charge in [0.05, 0.1) is 23.9 Å². The standard InChI is InChI=1S/C30H33ClN4O6S/c1-40-26-15-17-28(18-16-26)42(38,39)35(25-11-9-23(31)10-12-25)20-29(36)34-32-19-22-7-13-27(14-8-22)41-21-30(37)33-24-5-3-2-4-6-24/h7-19,24H,2-6,20-21H2,1H3,(H,33,37)(H,34,36)/b32-19+. The van der Waals surface area contributed by atoms with Crippen LogP contribution in [0.1, 0.15) is 37.7 Å². The predicted octanol–water partition coefficient (Wildman–Crippen LogP) is 4.52. The molecule has 0 aromatic heterocycles. The van der Waals surface area contributed by atoms with Gasteiger partial charge in [-0.3, -0.25) is 13.9 Å². The smallest absolute Gasteiger partial charge is 0.264 e. The summed E-state index contributed by atoms with van der Waals surface area (Å²) in [5.41, 5.74) is 3.30. The van der Waals surface area contributed by atoms with Crippen LogP contribution in [-0.4, -0.2) is 52.8 Å². The number of nitrogens with one attached hydrogen (secondary N) is 2. The van der Waals surface area contributed by atoms with Crippen LogP contribution >= 0.6 is 11.6 Å². The summed E-state index contributed by atoms with van der Waals surface area (Å²) in [5, 5.41) is 7.40. The maximum Gasteiger partial charge on any atom is 0.264 e. The molecule has 4 rings (SSSR count). The molecule has 0 atom stereocenters. The van der Waals surface area contributed by atoms with Crippen LogP contribution in [0.3, 0.4) is 0 Å². The Hall–Kier alpha value is -4.09. The Morgan fingerprint density at radius 2 is 1.57 bits per heavy atom. The summed E-state index contributed by atoms with van der Waals surface area (Å²) in [6, 6.07) is 19.0. The summed E-state index contributed by atoms with van der Waals surface area (Å²) in [4.78, 5) is 24.9. The Morgan fingerprint density at radius 3 is 2.21 bits per heavy atom. The van der Waals surface area contributed by atoms with Crippen molar-refractivity contribution >= 4 is 45.3 Å². The molecule has 0 bridgehead atoms. The summed E-state index contributed by atoms with van der Waals surface area (Å²) in [6.07, 6.45) is 6.93. The van der Waals surface area contributed by atoms with Crippen LogP contribution in [0.5, 0.6) is 11.5 Å². The molecule has 0 spiro atoms. The van der Waals surface area contributed by atoms with Gasteiger partial charge in [0.15, 0.2) is 6.61 Å². The van der Waals surface area contributed by atoms with E-state index in [9.17, 15) is 18.0 Å². The highest BCUT2D eigenvalue weighted by Crippen LogP contribution is 2.26. The Morgan fingerprint density at radius 1 is 0.929 bits per heavy atom. The molecule has 12 heteroatoms. The minimum atomic E-state index is -4.11. The quantitative estimate of drug-likeness (QED) is 0.229. The number of sulfonamides is 1. The number of anilines is 1. The summed E-state index contributed by atoms with van der Waals surface area (Å²) < 4.78 is 38.6. The van der Waals surface area contributed by atoms with E-state index in [1.54, 1.807) is 36.4 Å². The van der Waals surface area contributed by atoms with Gasteiger partial charge in [-0.2, -0.15) is 5.10 Å². The zero-order valence-electron chi connectivity index (χ0n) is 23.2. The van der Waals surface area contributed by atoms with Crippen LogP contribution in [0.4, 0.5) is 5.69 Å². The Kier molecular flexibility index (Phi) is 10.8. The van der Waals surface area contributed by atoms with E-state index in [1.165, 1.54) is 56.1 Å². The lowest BCUT2D eigenvalue weighted by Gasteiger charge is -2.23. The number of hydrogen-bond donors (Lipinski definition) is 2. The lowest BCUT2D eigenvalue weighted by molar-refractivity contribution is -0.124. The summed E-state index contributed by atoms with van der Waals surface area (Å²) in [5.74, 6) is 0.232. The number of carbonyl (C=O) groups excluding carboxylic acids is 2. The van der Waals surface area contributed by atoms with Gasteiger partial charge in [0.1, 0.15) is 18.0 Å². The molecule has 3 aromatic carbocycles. The third-order valence-electron chi connectivity index (χ3n) is 6.67. The van der Waals surface area contributed by atoms with Crippen molar-refractivity contribution in [3.8, 4) is 11.5 Å². The highest BCUT2D eigenvalue weighted by molar-refractivity contribution is 7.92. The predicted molar refractivity (Wildman–Crippen MR) is 162 cm³/mol. The fraction of sp³-hybridized carbons (Fsp3) is 0.300. The summed E-state index contributed by atoms with van der Waals surface area (Å²) in [7, 11) is -2.63. The molecule has 222 valence electrons. The van der Waals surface area contributed by atoms with Gasteiger partial charge in [-0.05, 0) is 91.2 Å². The molecule has 10 nitrogen and oxygen atoms in total. The van der Waals surface area contributed by atoms with Crippen molar-refractivity contribution in [2.45, 2.75) is 43.0 Å². The fourth-order valence-corrected chi connectivity index (χ4v) is 6.00. The third-order valence-corrected chi connectivity index (χ3v) is 8.71. The van der Waals surface area contributed by atoms with Gasteiger partial charge >= 0.3 is 0 Å². The highest BCUT2D eigenvalue weighted by atomic mass is 35.5. The minimum absolute atomic E-state index is 0.0108. The topological polar surface area (TPSA) is 126 Å². The maximum atomic E-state index is 13.5. The van der Waals surface area contributed by atoms with Gasteiger partial charge in [0.2, 0.25) is 0 Å². The van der Waals surface area contributed by atoms with E-state index in [0.29, 0.717) is 22.1 Å². The van der Waals surface area contributed by atoms with Crippen LogP contribution in [0.2, 0.25) is 5.02 Å². The lowest BCUT2D eigenvalue weighted by atomic mass is 9.95. The van der Waals surface area contributed by atoms with Gasteiger partial charge in [-0.25, -0.2) is 13.8 Å². The number of benzene rings is 3. The molecular weight excluding hydrogens is 580 g/mol. The number of hydrogen-bond acceptors (Lipinski definition) is 7. The molecule has 1 aliphatic carbocycles. The summed E-state index contributed by atoms with van der Waals surface area (Å²) >= 11 is 5.98. The zero-order chi connectivity index (χ0) is 30.0. The van der Waals surface area contributed by atoms with Gasteiger partial charge in [-0.1, -0.05) is 30.9 Å². The van der Waals surface area contributed by atoms with Crippen molar-refractivity contribution in [1.29, 1.82) is 0 Å². The molecule has 1 fully saturated rings. The van der Waals surface area contributed by atoms with Crippen LogP contribution in [0, 0.1) is 0 Å². The lowest BCUT2D eigenvalue weighted by Crippen LogP contribution is -2.39.